The Morgan fingerprint density at radius 3 is 2.91 bits per heavy atom. The lowest BCUT2D eigenvalue weighted by atomic mass is 10.0. The Hall–Kier alpha value is -1.91. The normalized spacial score (nSPS) is 27.1. The van der Waals surface area contributed by atoms with Crippen LogP contribution in [0, 0.1) is 5.92 Å². The fourth-order valence-electron chi connectivity index (χ4n) is 4.05. The minimum atomic E-state index is -0.172. The molecule has 2 heterocycles. The van der Waals surface area contributed by atoms with Gasteiger partial charge in [-0.2, -0.15) is 0 Å². The van der Waals surface area contributed by atoms with Crippen molar-refractivity contribution in [2.45, 2.75) is 38.0 Å². The number of ether oxygens (including phenoxy) is 1. The van der Waals surface area contributed by atoms with Crippen molar-refractivity contribution in [2.75, 3.05) is 6.54 Å². The van der Waals surface area contributed by atoms with Crippen LogP contribution in [0.5, 0.6) is 11.5 Å². The van der Waals surface area contributed by atoms with Crippen LogP contribution < -0.4 is 4.74 Å². The Bertz CT molecular complexity index is 661. The van der Waals surface area contributed by atoms with Crippen LogP contribution in [0.2, 0.25) is 0 Å². The molecule has 0 unspecified atom stereocenters. The SMILES string of the molecule is O[C@@H]1CC[C@H]2CCN(Cc3ccccc3Oc3cccnc3)[C@H]21. The molecule has 1 saturated carbocycles. The van der Waals surface area contributed by atoms with Gasteiger partial charge in [0, 0.05) is 24.3 Å². The number of likely N-dealkylation sites (tertiary alicyclic amines) is 1. The zero-order valence-corrected chi connectivity index (χ0v) is 13.1. The number of hydrogen-bond acceptors (Lipinski definition) is 4. The summed E-state index contributed by atoms with van der Waals surface area (Å²) in [5, 5.41) is 10.3. The van der Waals surface area contributed by atoms with Gasteiger partial charge >= 0.3 is 0 Å². The van der Waals surface area contributed by atoms with Gasteiger partial charge in [0.1, 0.15) is 11.5 Å². The molecule has 1 saturated heterocycles. The van der Waals surface area contributed by atoms with Gasteiger partial charge in [-0.05, 0) is 49.9 Å². The number of aliphatic hydroxyl groups excluding tert-OH is 1. The van der Waals surface area contributed by atoms with E-state index in [9.17, 15) is 5.11 Å². The van der Waals surface area contributed by atoms with Gasteiger partial charge in [-0.1, -0.05) is 18.2 Å². The highest BCUT2D eigenvalue weighted by atomic mass is 16.5. The Morgan fingerprint density at radius 2 is 2.04 bits per heavy atom. The van der Waals surface area contributed by atoms with Gasteiger partial charge in [0.2, 0.25) is 0 Å². The number of pyridine rings is 1. The molecule has 1 N–H and O–H groups in total. The zero-order valence-electron chi connectivity index (χ0n) is 13.1. The molecule has 2 aromatic rings. The molecule has 23 heavy (non-hydrogen) atoms. The van der Waals surface area contributed by atoms with E-state index in [0.29, 0.717) is 12.0 Å². The van der Waals surface area contributed by atoms with Crippen LogP contribution in [0.3, 0.4) is 0 Å². The Morgan fingerprint density at radius 1 is 1.13 bits per heavy atom. The first-order valence-electron chi connectivity index (χ1n) is 8.39. The summed E-state index contributed by atoms with van der Waals surface area (Å²) in [5.41, 5.74) is 1.16. The minimum Gasteiger partial charge on any atom is -0.455 e. The van der Waals surface area contributed by atoms with Gasteiger partial charge < -0.3 is 9.84 Å². The number of para-hydroxylation sites is 1. The molecule has 0 spiro atoms. The highest BCUT2D eigenvalue weighted by Crippen LogP contribution is 2.39. The minimum absolute atomic E-state index is 0.172. The van der Waals surface area contributed by atoms with Crippen molar-refractivity contribution in [3.63, 3.8) is 0 Å². The fraction of sp³-hybridized carbons (Fsp3) is 0.421. The smallest absolute Gasteiger partial charge is 0.145 e. The van der Waals surface area contributed by atoms with E-state index in [0.717, 1.165) is 43.0 Å². The molecule has 120 valence electrons. The second kappa shape index (κ2) is 6.30. The number of nitrogens with zero attached hydrogens (tertiary/aromatic N) is 2. The molecule has 3 atom stereocenters. The van der Waals surface area contributed by atoms with E-state index in [4.69, 9.17) is 4.74 Å². The van der Waals surface area contributed by atoms with Gasteiger partial charge in [0.05, 0.1) is 12.3 Å². The van der Waals surface area contributed by atoms with Crippen LogP contribution in [0.25, 0.3) is 0 Å². The average molecular weight is 310 g/mol. The highest BCUT2D eigenvalue weighted by Gasteiger charge is 2.43. The van der Waals surface area contributed by atoms with Gasteiger partial charge in [-0.25, -0.2) is 0 Å². The molecule has 1 aromatic heterocycles. The predicted molar refractivity (Wildman–Crippen MR) is 88.3 cm³/mol. The van der Waals surface area contributed by atoms with Crippen LogP contribution in [0.4, 0.5) is 0 Å². The zero-order chi connectivity index (χ0) is 15.6. The summed E-state index contributed by atoms with van der Waals surface area (Å²) in [6.45, 7) is 1.89. The van der Waals surface area contributed by atoms with Crippen molar-refractivity contribution in [3.05, 3.63) is 54.4 Å². The summed E-state index contributed by atoms with van der Waals surface area (Å²) >= 11 is 0. The molecule has 1 aromatic carbocycles. The standard InChI is InChI=1S/C19H22N2O2/c22-17-8-7-14-9-11-21(19(14)17)13-15-4-1-2-6-18(15)23-16-5-3-10-20-12-16/h1-6,10,12,14,17,19,22H,7-9,11,13H2/t14-,17+,19+/m0/s1. The van der Waals surface area contributed by atoms with E-state index in [2.05, 4.69) is 16.0 Å². The quantitative estimate of drug-likeness (QED) is 0.942. The first-order valence-corrected chi connectivity index (χ1v) is 8.39. The lowest BCUT2D eigenvalue weighted by molar-refractivity contribution is 0.0804. The average Bonchev–Trinajstić information content (AvgIpc) is 3.14. The third kappa shape index (κ3) is 2.96. The molecule has 4 nitrogen and oxygen atoms in total. The Balaban J connectivity index is 1.53. The predicted octanol–water partition coefficient (Wildman–Crippen LogP) is 3.22. The molecule has 0 bridgehead atoms. The number of fused-ring (bicyclic) bond motifs is 1. The molecule has 2 aliphatic rings. The van der Waals surface area contributed by atoms with Gasteiger partial charge in [-0.3, -0.25) is 9.88 Å². The summed E-state index contributed by atoms with van der Waals surface area (Å²) in [6.07, 6.45) is 6.60. The molecule has 2 fully saturated rings. The molecule has 4 heteroatoms. The van der Waals surface area contributed by atoms with Gasteiger partial charge in [-0.15, -0.1) is 0 Å². The topological polar surface area (TPSA) is 45.6 Å². The molecule has 1 aliphatic carbocycles. The molecular formula is C19H22N2O2. The van der Waals surface area contributed by atoms with Crippen molar-refractivity contribution >= 4 is 0 Å². The maximum Gasteiger partial charge on any atom is 0.145 e. The second-order valence-electron chi connectivity index (χ2n) is 6.55. The molecule has 0 amide bonds. The van der Waals surface area contributed by atoms with Gasteiger partial charge in [0.15, 0.2) is 0 Å². The number of benzene rings is 1. The van der Waals surface area contributed by atoms with E-state index < -0.39 is 0 Å². The first kappa shape index (κ1) is 14.7. The van der Waals surface area contributed by atoms with Crippen LogP contribution in [-0.4, -0.2) is 33.7 Å². The van der Waals surface area contributed by atoms with E-state index in [1.54, 1.807) is 12.4 Å². The molecule has 0 radical (unpaired) electrons. The monoisotopic (exact) mass is 310 g/mol. The van der Waals surface area contributed by atoms with E-state index in [1.807, 2.05) is 30.3 Å². The van der Waals surface area contributed by atoms with Crippen molar-refractivity contribution in [2.24, 2.45) is 5.92 Å². The van der Waals surface area contributed by atoms with Crippen LogP contribution >= 0.6 is 0 Å². The molecular weight excluding hydrogens is 288 g/mol. The van der Waals surface area contributed by atoms with Crippen molar-refractivity contribution in [1.82, 2.24) is 9.88 Å². The Kier molecular flexibility index (Phi) is 4.02. The summed E-state index contributed by atoms with van der Waals surface area (Å²) in [7, 11) is 0. The first-order chi connectivity index (χ1) is 11.3. The number of rotatable bonds is 4. The van der Waals surface area contributed by atoms with E-state index >= 15 is 0 Å². The van der Waals surface area contributed by atoms with Crippen LogP contribution in [0.15, 0.2) is 48.8 Å². The highest BCUT2D eigenvalue weighted by molar-refractivity contribution is 5.37. The van der Waals surface area contributed by atoms with Crippen LogP contribution in [0.1, 0.15) is 24.8 Å². The summed E-state index contributed by atoms with van der Waals surface area (Å²) < 4.78 is 6.01. The van der Waals surface area contributed by atoms with Crippen LogP contribution in [-0.2, 0) is 6.54 Å². The maximum atomic E-state index is 10.3. The maximum absolute atomic E-state index is 10.3. The number of aromatic nitrogens is 1. The molecule has 4 rings (SSSR count). The molecule has 1 aliphatic heterocycles. The third-order valence-corrected chi connectivity index (χ3v) is 5.13. The third-order valence-electron chi connectivity index (χ3n) is 5.13. The van der Waals surface area contributed by atoms with E-state index in [1.165, 1.54) is 6.42 Å². The largest absolute Gasteiger partial charge is 0.455 e. The van der Waals surface area contributed by atoms with E-state index in [-0.39, 0.29) is 6.10 Å². The number of hydrogen-bond donors (Lipinski definition) is 1. The van der Waals surface area contributed by atoms with Gasteiger partial charge in [0.25, 0.3) is 0 Å². The summed E-state index contributed by atoms with van der Waals surface area (Å²) in [4.78, 5) is 6.52. The lowest BCUT2D eigenvalue weighted by Gasteiger charge is -2.27. The lowest BCUT2D eigenvalue weighted by Crippen LogP contribution is -2.37. The Labute approximate surface area is 136 Å². The van der Waals surface area contributed by atoms with Crippen molar-refractivity contribution < 1.29 is 9.84 Å². The second-order valence-corrected chi connectivity index (χ2v) is 6.55. The fourth-order valence-corrected chi connectivity index (χ4v) is 4.05. The van der Waals surface area contributed by atoms with Crippen molar-refractivity contribution in [1.29, 1.82) is 0 Å². The summed E-state index contributed by atoms with van der Waals surface area (Å²) in [6, 6.07) is 12.3. The summed E-state index contributed by atoms with van der Waals surface area (Å²) in [5.74, 6) is 2.29. The van der Waals surface area contributed by atoms with Crippen molar-refractivity contribution in [3.8, 4) is 11.5 Å². The number of aliphatic hydroxyl groups is 1.